The van der Waals surface area contributed by atoms with Gasteiger partial charge >= 0.3 is 0 Å². The van der Waals surface area contributed by atoms with Crippen LogP contribution >= 0.6 is 11.6 Å². The van der Waals surface area contributed by atoms with E-state index in [4.69, 9.17) is 21.6 Å². The molecule has 0 aromatic heterocycles. The second-order valence-electron chi connectivity index (χ2n) is 5.04. The van der Waals surface area contributed by atoms with E-state index in [9.17, 15) is 4.79 Å². The summed E-state index contributed by atoms with van der Waals surface area (Å²) in [6.07, 6.45) is 0.800. The molecule has 0 unspecified atom stereocenters. The third-order valence-corrected chi connectivity index (χ3v) is 3.66. The summed E-state index contributed by atoms with van der Waals surface area (Å²) >= 11 is 6.10. The van der Waals surface area contributed by atoms with Gasteiger partial charge in [0.2, 0.25) is 0 Å². The molecule has 2 aromatic carbocycles. The third-order valence-electron chi connectivity index (χ3n) is 3.34. The van der Waals surface area contributed by atoms with Gasteiger partial charge in [-0.25, -0.2) is 0 Å². The monoisotopic (exact) mass is 343 g/mol. The van der Waals surface area contributed by atoms with Crippen LogP contribution in [-0.4, -0.2) is 26.1 Å². The topological polar surface area (TPSA) is 74.2 Å². The molecule has 0 aliphatic heterocycles. The van der Waals surface area contributed by atoms with Gasteiger partial charge in [-0.1, -0.05) is 11.6 Å². The predicted octanol–water partition coefficient (Wildman–Crippen LogP) is 3.45. The lowest BCUT2D eigenvalue weighted by atomic mass is 10.2. The molecule has 0 bridgehead atoms. The number of carbonyl (C=O) groups is 1. The fourth-order valence-corrected chi connectivity index (χ4v) is 2.33. The van der Waals surface area contributed by atoms with Crippen molar-refractivity contribution < 1.29 is 9.53 Å². The first-order chi connectivity index (χ1) is 11.6. The minimum absolute atomic E-state index is 0.206. The van der Waals surface area contributed by atoms with Crippen LogP contribution < -0.4 is 15.4 Å². The van der Waals surface area contributed by atoms with Gasteiger partial charge in [-0.2, -0.15) is 5.26 Å². The van der Waals surface area contributed by atoms with Crippen molar-refractivity contribution in [1.29, 1.82) is 5.26 Å². The summed E-state index contributed by atoms with van der Waals surface area (Å²) in [7, 11) is 1.57. The summed E-state index contributed by atoms with van der Waals surface area (Å²) in [4.78, 5) is 11.6. The summed E-state index contributed by atoms with van der Waals surface area (Å²) in [6, 6.07) is 14.3. The van der Waals surface area contributed by atoms with E-state index >= 15 is 0 Å². The summed E-state index contributed by atoms with van der Waals surface area (Å²) in [5, 5.41) is 14.9. The Hall–Kier alpha value is -2.71. The minimum Gasteiger partial charge on any atom is -0.494 e. The average molecular weight is 344 g/mol. The van der Waals surface area contributed by atoms with E-state index < -0.39 is 0 Å². The zero-order chi connectivity index (χ0) is 17.4. The summed E-state index contributed by atoms with van der Waals surface area (Å²) in [5.41, 5.74) is 1.92. The van der Waals surface area contributed by atoms with Gasteiger partial charge in [-0.15, -0.1) is 0 Å². The van der Waals surface area contributed by atoms with Crippen molar-refractivity contribution in [2.45, 2.75) is 6.42 Å². The molecule has 0 aliphatic rings. The maximum absolute atomic E-state index is 11.6. The molecule has 0 saturated heterocycles. The number of nitrogens with zero attached hydrogens (tertiary/aromatic N) is 1. The highest BCUT2D eigenvalue weighted by molar-refractivity contribution is 6.34. The van der Waals surface area contributed by atoms with Crippen molar-refractivity contribution in [3.05, 3.63) is 58.6 Å². The van der Waals surface area contributed by atoms with Gasteiger partial charge in [0.1, 0.15) is 5.75 Å². The molecule has 6 heteroatoms. The molecular formula is C18H18ClN3O2. The number of hydrogen-bond donors (Lipinski definition) is 2. The number of carbonyl (C=O) groups excluding carboxylic acids is 1. The highest BCUT2D eigenvalue weighted by atomic mass is 35.5. The normalized spacial score (nSPS) is 9.88. The maximum atomic E-state index is 11.6. The number of nitrogens with one attached hydrogen (secondary N) is 2. The van der Waals surface area contributed by atoms with E-state index in [0.717, 1.165) is 17.9 Å². The molecule has 5 nitrogen and oxygen atoms in total. The number of amides is 1. The SMILES string of the molecule is CNC(=O)c1ccc(NCCCOc2ccc(C#N)cc2)cc1Cl. The molecule has 1 amide bonds. The van der Waals surface area contributed by atoms with Gasteiger partial charge in [0.25, 0.3) is 5.91 Å². The average Bonchev–Trinajstić information content (AvgIpc) is 2.61. The number of rotatable bonds is 7. The van der Waals surface area contributed by atoms with Crippen LogP contribution in [0.15, 0.2) is 42.5 Å². The molecule has 2 N–H and O–H groups in total. The second-order valence-corrected chi connectivity index (χ2v) is 5.45. The van der Waals surface area contributed by atoms with Gasteiger partial charge in [0, 0.05) is 19.3 Å². The minimum atomic E-state index is -0.206. The number of anilines is 1. The lowest BCUT2D eigenvalue weighted by Crippen LogP contribution is -2.18. The van der Waals surface area contributed by atoms with Crippen molar-refractivity contribution in [3.8, 4) is 11.8 Å². The predicted molar refractivity (Wildman–Crippen MR) is 94.6 cm³/mol. The van der Waals surface area contributed by atoms with E-state index in [1.807, 2.05) is 6.07 Å². The highest BCUT2D eigenvalue weighted by Crippen LogP contribution is 2.21. The van der Waals surface area contributed by atoms with Crippen molar-refractivity contribution in [2.24, 2.45) is 0 Å². The van der Waals surface area contributed by atoms with Crippen molar-refractivity contribution in [2.75, 3.05) is 25.5 Å². The standard InChI is InChI=1S/C18H18ClN3O2/c1-21-18(23)16-8-5-14(11-17(16)19)22-9-2-10-24-15-6-3-13(12-20)4-7-15/h3-8,11,22H,2,9-10H2,1H3,(H,21,23). The fourth-order valence-electron chi connectivity index (χ4n) is 2.06. The zero-order valence-electron chi connectivity index (χ0n) is 13.3. The van der Waals surface area contributed by atoms with E-state index in [1.54, 1.807) is 43.4 Å². The van der Waals surface area contributed by atoms with Crippen molar-refractivity contribution in [3.63, 3.8) is 0 Å². The van der Waals surface area contributed by atoms with Crippen LogP contribution in [0.25, 0.3) is 0 Å². The Morgan fingerprint density at radius 2 is 2.00 bits per heavy atom. The van der Waals surface area contributed by atoms with E-state index in [-0.39, 0.29) is 5.91 Å². The van der Waals surface area contributed by atoms with Gasteiger partial charge in [0.15, 0.2) is 0 Å². The lowest BCUT2D eigenvalue weighted by molar-refractivity contribution is 0.0963. The molecule has 2 aromatic rings. The molecule has 0 fully saturated rings. The Balaban J connectivity index is 1.75. The molecule has 0 radical (unpaired) electrons. The number of nitriles is 1. The Morgan fingerprint density at radius 1 is 1.25 bits per heavy atom. The first-order valence-corrected chi connectivity index (χ1v) is 7.90. The number of halogens is 1. The lowest BCUT2D eigenvalue weighted by Gasteiger charge is -2.10. The van der Waals surface area contributed by atoms with E-state index in [0.29, 0.717) is 29.3 Å². The number of hydrogen-bond acceptors (Lipinski definition) is 4. The molecule has 24 heavy (non-hydrogen) atoms. The Bertz CT molecular complexity index is 739. The Morgan fingerprint density at radius 3 is 2.62 bits per heavy atom. The fraction of sp³-hybridized carbons (Fsp3) is 0.222. The van der Waals surface area contributed by atoms with E-state index in [1.165, 1.54) is 0 Å². The van der Waals surface area contributed by atoms with Gasteiger partial charge in [-0.3, -0.25) is 4.79 Å². The van der Waals surface area contributed by atoms with Crippen LogP contribution in [0, 0.1) is 11.3 Å². The van der Waals surface area contributed by atoms with Gasteiger partial charge in [0.05, 0.1) is 28.8 Å². The molecule has 0 spiro atoms. The van der Waals surface area contributed by atoms with Crippen molar-refractivity contribution >= 4 is 23.2 Å². The maximum Gasteiger partial charge on any atom is 0.252 e. The number of benzene rings is 2. The van der Waals surface area contributed by atoms with Crippen LogP contribution in [0.3, 0.4) is 0 Å². The van der Waals surface area contributed by atoms with Crippen LogP contribution in [0.5, 0.6) is 5.75 Å². The van der Waals surface area contributed by atoms with Crippen LogP contribution in [0.1, 0.15) is 22.3 Å². The first kappa shape index (κ1) is 17.6. The quantitative estimate of drug-likeness (QED) is 0.755. The van der Waals surface area contributed by atoms with Crippen LogP contribution in [0.2, 0.25) is 5.02 Å². The zero-order valence-corrected chi connectivity index (χ0v) is 14.1. The van der Waals surface area contributed by atoms with Crippen molar-refractivity contribution in [1.82, 2.24) is 5.32 Å². The summed E-state index contributed by atoms with van der Waals surface area (Å²) < 4.78 is 5.60. The Labute approximate surface area is 146 Å². The highest BCUT2D eigenvalue weighted by Gasteiger charge is 2.08. The van der Waals surface area contributed by atoms with Crippen LogP contribution in [0.4, 0.5) is 5.69 Å². The smallest absolute Gasteiger partial charge is 0.252 e. The van der Waals surface area contributed by atoms with Crippen LogP contribution in [-0.2, 0) is 0 Å². The molecule has 0 heterocycles. The van der Waals surface area contributed by atoms with Gasteiger partial charge < -0.3 is 15.4 Å². The molecule has 0 aliphatic carbocycles. The molecule has 124 valence electrons. The Kier molecular flexibility index (Phi) is 6.47. The van der Waals surface area contributed by atoms with E-state index in [2.05, 4.69) is 16.7 Å². The largest absolute Gasteiger partial charge is 0.494 e. The molecule has 2 rings (SSSR count). The van der Waals surface area contributed by atoms with Gasteiger partial charge in [-0.05, 0) is 48.9 Å². The number of ether oxygens (including phenoxy) is 1. The first-order valence-electron chi connectivity index (χ1n) is 7.52. The molecule has 0 saturated carbocycles. The molecule has 0 atom stereocenters. The summed E-state index contributed by atoms with van der Waals surface area (Å²) in [5.74, 6) is 0.536. The molecular weight excluding hydrogens is 326 g/mol. The summed E-state index contributed by atoms with van der Waals surface area (Å²) in [6.45, 7) is 1.27. The second kappa shape index (κ2) is 8.80. The third kappa shape index (κ3) is 4.90.